The predicted octanol–water partition coefficient (Wildman–Crippen LogP) is 2.25. The quantitative estimate of drug-likeness (QED) is 0.870. The molecule has 0 heterocycles. The lowest BCUT2D eigenvalue weighted by Gasteiger charge is -2.43. The lowest BCUT2D eigenvalue weighted by atomic mass is 9.74. The van der Waals surface area contributed by atoms with E-state index in [4.69, 9.17) is 0 Å². The molecule has 0 radical (unpaired) electrons. The van der Waals surface area contributed by atoms with Gasteiger partial charge in [0.25, 0.3) is 0 Å². The minimum atomic E-state index is -0.726. The molecule has 0 fully saturated rings. The molecule has 0 spiro atoms. The van der Waals surface area contributed by atoms with E-state index in [1.807, 2.05) is 26.2 Å². The molecule has 1 aromatic rings. The Morgan fingerprint density at radius 2 is 2.12 bits per heavy atom. The fourth-order valence-corrected chi connectivity index (χ4v) is 2.95. The highest BCUT2D eigenvalue weighted by atomic mass is 16.4. The Morgan fingerprint density at radius 3 is 2.76 bits per heavy atom. The van der Waals surface area contributed by atoms with E-state index in [9.17, 15) is 9.90 Å². The highest BCUT2D eigenvalue weighted by Crippen LogP contribution is 2.41. The minimum Gasteiger partial charge on any atom is -0.481 e. The molecular weight excluding hydrogens is 214 g/mol. The molecule has 0 saturated carbocycles. The lowest BCUT2D eigenvalue weighted by molar-refractivity contribution is -0.140. The van der Waals surface area contributed by atoms with Crippen molar-refractivity contribution in [3.8, 4) is 0 Å². The Morgan fingerprint density at radius 1 is 1.41 bits per heavy atom. The molecule has 0 bridgehead atoms. The van der Waals surface area contributed by atoms with E-state index in [1.54, 1.807) is 0 Å². The number of carboxylic acid groups (broad SMARTS) is 1. The number of carboxylic acids is 1. The summed E-state index contributed by atoms with van der Waals surface area (Å²) in [4.78, 5) is 13.2. The van der Waals surface area contributed by atoms with Crippen molar-refractivity contribution in [2.24, 2.45) is 0 Å². The van der Waals surface area contributed by atoms with E-state index < -0.39 is 5.97 Å². The Labute approximate surface area is 102 Å². The largest absolute Gasteiger partial charge is 0.481 e. The van der Waals surface area contributed by atoms with Crippen molar-refractivity contribution in [2.45, 2.75) is 31.2 Å². The molecule has 0 saturated heterocycles. The molecule has 1 aromatic carbocycles. The Balaban J connectivity index is 2.51. The van der Waals surface area contributed by atoms with Crippen molar-refractivity contribution in [1.29, 1.82) is 0 Å². The summed E-state index contributed by atoms with van der Waals surface area (Å²) in [6.07, 6.45) is 3.22. The van der Waals surface area contributed by atoms with Crippen molar-refractivity contribution in [1.82, 2.24) is 4.90 Å². The number of rotatable bonds is 3. The molecule has 0 aliphatic heterocycles. The predicted molar refractivity (Wildman–Crippen MR) is 67.0 cm³/mol. The zero-order chi connectivity index (χ0) is 12.5. The third kappa shape index (κ3) is 2.07. The summed E-state index contributed by atoms with van der Waals surface area (Å²) in [5, 5.41) is 9.18. The van der Waals surface area contributed by atoms with Crippen LogP contribution in [0.4, 0.5) is 0 Å². The van der Waals surface area contributed by atoms with Gasteiger partial charge in [0, 0.05) is 0 Å². The fraction of sp³-hybridized carbons (Fsp3) is 0.500. The molecule has 1 unspecified atom stereocenters. The van der Waals surface area contributed by atoms with Gasteiger partial charge in [-0.1, -0.05) is 24.3 Å². The second-order valence-corrected chi connectivity index (χ2v) is 5.01. The van der Waals surface area contributed by atoms with Crippen LogP contribution >= 0.6 is 0 Å². The van der Waals surface area contributed by atoms with Crippen LogP contribution in [0.1, 0.15) is 30.4 Å². The molecule has 1 atom stereocenters. The monoisotopic (exact) mass is 233 g/mol. The number of aliphatic carboxylic acids is 1. The maximum Gasteiger partial charge on any atom is 0.305 e. The summed E-state index contributed by atoms with van der Waals surface area (Å²) in [7, 11) is 3.95. The first-order chi connectivity index (χ1) is 8.06. The van der Waals surface area contributed by atoms with Gasteiger partial charge in [-0.25, -0.2) is 0 Å². The second kappa shape index (κ2) is 4.49. The van der Waals surface area contributed by atoms with Crippen LogP contribution in [0, 0.1) is 0 Å². The van der Waals surface area contributed by atoms with Gasteiger partial charge in [0.2, 0.25) is 0 Å². The third-order valence-electron chi connectivity index (χ3n) is 3.85. The molecule has 17 heavy (non-hydrogen) atoms. The van der Waals surface area contributed by atoms with Crippen molar-refractivity contribution in [2.75, 3.05) is 14.1 Å². The van der Waals surface area contributed by atoms with Crippen LogP contribution in [0.2, 0.25) is 0 Å². The highest BCUT2D eigenvalue weighted by Gasteiger charge is 2.40. The van der Waals surface area contributed by atoms with Crippen molar-refractivity contribution < 1.29 is 9.90 Å². The summed E-state index contributed by atoms with van der Waals surface area (Å²) < 4.78 is 0. The van der Waals surface area contributed by atoms with Gasteiger partial charge >= 0.3 is 5.97 Å². The van der Waals surface area contributed by atoms with Crippen LogP contribution in [0.15, 0.2) is 24.3 Å². The average molecular weight is 233 g/mol. The normalized spacial score (nSPS) is 23.5. The van der Waals surface area contributed by atoms with Gasteiger partial charge in [-0.2, -0.15) is 0 Å². The molecule has 0 aromatic heterocycles. The molecule has 3 nitrogen and oxygen atoms in total. The Kier molecular flexibility index (Phi) is 3.20. The zero-order valence-corrected chi connectivity index (χ0v) is 10.4. The molecule has 2 rings (SSSR count). The van der Waals surface area contributed by atoms with E-state index in [-0.39, 0.29) is 12.0 Å². The second-order valence-electron chi connectivity index (χ2n) is 5.01. The molecule has 1 aliphatic rings. The van der Waals surface area contributed by atoms with Gasteiger partial charge in [-0.05, 0) is 44.5 Å². The highest BCUT2D eigenvalue weighted by molar-refractivity contribution is 5.69. The van der Waals surface area contributed by atoms with E-state index in [0.717, 1.165) is 19.3 Å². The lowest BCUT2D eigenvalue weighted by Crippen LogP contribution is -2.45. The molecule has 0 amide bonds. The van der Waals surface area contributed by atoms with Crippen LogP contribution in [0.5, 0.6) is 0 Å². The van der Waals surface area contributed by atoms with Gasteiger partial charge in [-0.3, -0.25) is 9.69 Å². The summed E-state index contributed by atoms with van der Waals surface area (Å²) in [5.41, 5.74) is 2.16. The molecular formula is C14H19NO2. The van der Waals surface area contributed by atoms with Crippen LogP contribution in [0.25, 0.3) is 0 Å². The number of hydrogen-bond donors (Lipinski definition) is 1. The molecule has 3 heteroatoms. The zero-order valence-electron chi connectivity index (χ0n) is 10.4. The SMILES string of the molecule is CN(C)C1(CC(=O)O)CCCc2ccccc21. The van der Waals surface area contributed by atoms with Crippen molar-refractivity contribution >= 4 is 5.97 Å². The summed E-state index contributed by atoms with van der Waals surface area (Å²) >= 11 is 0. The van der Waals surface area contributed by atoms with Crippen LogP contribution < -0.4 is 0 Å². The van der Waals surface area contributed by atoms with E-state index in [2.05, 4.69) is 17.0 Å². The van der Waals surface area contributed by atoms with Crippen LogP contribution in [-0.4, -0.2) is 30.1 Å². The third-order valence-corrected chi connectivity index (χ3v) is 3.85. The number of fused-ring (bicyclic) bond motifs is 1. The first-order valence-electron chi connectivity index (χ1n) is 6.04. The Bertz CT molecular complexity index is 428. The van der Waals surface area contributed by atoms with Gasteiger partial charge in [0.15, 0.2) is 0 Å². The van der Waals surface area contributed by atoms with Crippen LogP contribution in [-0.2, 0) is 16.8 Å². The number of aryl methyl sites for hydroxylation is 1. The topological polar surface area (TPSA) is 40.5 Å². The van der Waals surface area contributed by atoms with Crippen molar-refractivity contribution in [3.63, 3.8) is 0 Å². The van der Waals surface area contributed by atoms with Gasteiger partial charge < -0.3 is 5.11 Å². The first kappa shape index (κ1) is 12.1. The number of nitrogens with zero attached hydrogens (tertiary/aromatic N) is 1. The van der Waals surface area contributed by atoms with Crippen LogP contribution in [0.3, 0.4) is 0 Å². The molecule has 1 aliphatic carbocycles. The summed E-state index contributed by atoms with van der Waals surface area (Å²) in [5.74, 6) is -0.726. The number of hydrogen-bond acceptors (Lipinski definition) is 2. The minimum absolute atomic E-state index is 0.178. The van der Waals surface area contributed by atoms with Gasteiger partial charge in [-0.15, -0.1) is 0 Å². The molecule has 1 N–H and O–H groups in total. The van der Waals surface area contributed by atoms with E-state index in [1.165, 1.54) is 11.1 Å². The maximum atomic E-state index is 11.2. The van der Waals surface area contributed by atoms with Crippen molar-refractivity contribution in [3.05, 3.63) is 35.4 Å². The fourth-order valence-electron chi connectivity index (χ4n) is 2.95. The standard InChI is InChI=1S/C14H19NO2/c1-15(2)14(10-13(16)17)9-5-7-11-6-3-4-8-12(11)14/h3-4,6,8H,5,7,9-10H2,1-2H3,(H,16,17). The number of benzene rings is 1. The van der Waals surface area contributed by atoms with Gasteiger partial charge in [0.05, 0.1) is 12.0 Å². The average Bonchev–Trinajstić information content (AvgIpc) is 2.28. The summed E-state index contributed by atoms with van der Waals surface area (Å²) in [6.45, 7) is 0. The van der Waals surface area contributed by atoms with E-state index >= 15 is 0 Å². The Hall–Kier alpha value is -1.35. The summed E-state index contributed by atoms with van der Waals surface area (Å²) in [6, 6.07) is 8.24. The smallest absolute Gasteiger partial charge is 0.305 e. The first-order valence-corrected chi connectivity index (χ1v) is 6.04. The molecule has 92 valence electrons. The van der Waals surface area contributed by atoms with E-state index in [0.29, 0.717) is 0 Å². The number of carbonyl (C=O) groups is 1. The maximum absolute atomic E-state index is 11.2. The van der Waals surface area contributed by atoms with Gasteiger partial charge in [0.1, 0.15) is 0 Å².